The second kappa shape index (κ2) is 3.67. The third kappa shape index (κ3) is 1.65. The number of nitrogens with zero attached hydrogens (tertiary/aromatic N) is 4. The Bertz CT molecular complexity index is 455. The van der Waals surface area contributed by atoms with Gasteiger partial charge in [0.25, 0.3) is 0 Å². The van der Waals surface area contributed by atoms with Gasteiger partial charge in [-0.05, 0) is 51.0 Å². The van der Waals surface area contributed by atoms with Crippen molar-refractivity contribution in [3.05, 3.63) is 33.5 Å². The quantitative estimate of drug-likeness (QED) is 0.801. The number of aromatic nitrogens is 4. The molecule has 14 heavy (non-hydrogen) atoms. The van der Waals surface area contributed by atoms with Crippen LogP contribution < -0.4 is 0 Å². The third-order valence-electron chi connectivity index (χ3n) is 1.82. The molecule has 1 aromatic carbocycles. The van der Waals surface area contributed by atoms with Crippen molar-refractivity contribution >= 4 is 27.5 Å². The van der Waals surface area contributed by atoms with Gasteiger partial charge in [-0.3, -0.25) is 0 Å². The predicted molar refractivity (Wildman–Crippen MR) is 56.6 cm³/mol. The molecule has 0 bridgehead atoms. The summed E-state index contributed by atoms with van der Waals surface area (Å²) in [5, 5.41) is 11.6. The topological polar surface area (TPSA) is 43.6 Å². The van der Waals surface area contributed by atoms with E-state index in [0.717, 1.165) is 15.7 Å². The fourth-order valence-electron chi connectivity index (χ4n) is 1.08. The van der Waals surface area contributed by atoms with Crippen molar-refractivity contribution < 1.29 is 0 Å². The van der Waals surface area contributed by atoms with Crippen LogP contribution in [-0.4, -0.2) is 20.2 Å². The van der Waals surface area contributed by atoms with E-state index in [2.05, 4.69) is 31.5 Å². The molecule has 0 unspecified atom stereocenters. The molecule has 2 aromatic rings. The summed E-state index contributed by atoms with van der Waals surface area (Å²) >= 11 is 9.43. The summed E-state index contributed by atoms with van der Waals surface area (Å²) in [6, 6.07) is 3.75. The molecule has 6 heteroatoms. The van der Waals surface area contributed by atoms with Crippen LogP contribution in [0.2, 0.25) is 5.02 Å². The molecule has 0 fully saturated rings. The standard InChI is InChI=1S/C8H6BrClN4/c1-5-2-6(9)8(3-7(5)10)14-4-11-12-13-14/h2-4H,1H3. The first-order valence-corrected chi connectivity index (χ1v) is 5.04. The van der Waals surface area contributed by atoms with Crippen LogP contribution in [0.4, 0.5) is 0 Å². The van der Waals surface area contributed by atoms with Crippen molar-refractivity contribution in [2.45, 2.75) is 6.92 Å². The monoisotopic (exact) mass is 272 g/mol. The molecule has 0 saturated heterocycles. The molecule has 72 valence electrons. The lowest BCUT2D eigenvalue weighted by Gasteiger charge is -2.05. The fraction of sp³-hybridized carbons (Fsp3) is 0.125. The third-order valence-corrected chi connectivity index (χ3v) is 2.87. The van der Waals surface area contributed by atoms with Gasteiger partial charge in [0.15, 0.2) is 0 Å². The van der Waals surface area contributed by atoms with E-state index in [1.165, 1.54) is 6.33 Å². The molecule has 1 aromatic heterocycles. The minimum atomic E-state index is 0.693. The van der Waals surface area contributed by atoms with Crippen LogP contribution in [-0.2, 0) is 0 Å². The van der Waals surface area contributed by atoms with Crippen molar-refractivity contribution in [2.24, 2.45) is 0 Å². The Morgan fingerprint density at radius 3 is 2.86 bits per heavy atom. The lowest BCUT2D eigenvalue weighted by atomic mass is 10.2. The van der Waals surface area contributed by atoms with Crippen LogP contribution in [0.15, 0.2) is 22.9 Å². The molecule has 0 atom stereocenters. The summed E-state index contributed by atoms with van der Waals surface area (Å²) in [6.07, 6.45) is 1.52. The molecule has 0 N–H and O–H groups in total. The van der Waals surface area contributed by atoms with E-state index in [1.807, 2.05) is 19.1 Å². The van der Waals surface area contributed by atoms with Gasteiger partial charge in [0.2, 0.25) is 0 Å². The van der Waals surface area contributed by atoms with E-state index in [9.17, 15) is 0 Å². The summed E-state index contributed by atoms with van der Waals surface area (Å²) in [6.45, 7) is 1.94. The Balaban J connectivity index is 2.60. The first-order chi connectivity index (χ1) is 6.68. The first kappa shape index (κ1) is 9.61. The maximum absolute atomic E-state index is 6.00. The van der Waals surface area contributed by atoms with E-state index < -0.39 is 0 Å². The largest absolute Gasteiger partial charge is 0.199 e. The van der Waals surface area contributed by atoms with Gasteiger partial charge in [0.05, 0.1) is 5.69 Å². The van der Waals surface area contributed by atoms with Gasteiger partial charge in [-0.25, -0.2) is 0 Å². The number of rotatable bonds is 1. The Labute approximate surface area is 94.0 Å². The van der Waals surface area contributed by atoms with E-state index in [1.54, 1.807) is 4.68 Å². The second-order valence-electron chi connectivity index (χ2n) is 2.81. The molecule has 1 heterocycles. The second-order valence-corrected chi connectivity index (χ2v) is 4.07. The van der Waals surface area contributed by atoms with Crippen molar-refractivity contribution in [2.75, 3.05) is 0 Å². The molecule has 0 amide bonds. The van der Waals surface area contributed by atoms with Crippen LogP contribution in [0.5, 0.6) is 0 Å². The maximum Gasteiger partial charge on any atom is 0.143 e. The van der Waals surface area contributed by atoms with Gasteiger partial charge in [-0.1, -0.05) is 11.6 Å². The number of hydrogen-bond acceptors (Lipinski definition) is 3. The lowest BCUT2D eigenvalue weighted by molar-refractivity contribution is 0.786. The molecule has 2 rings (SSSR count). The number of halogens is 2. The summed E-state index contributed by atoms with van der Waals surface area (Å²) in [7, 11) is 0. The van der Waals surface area contributed by atoms with E-state index in [-0.39, 0.29) is 0 Å². The van der Waals surface area contributed by atoms with Crippen molar-refractivity contribution in [3.63, 3.8) is 0 Å². The van der Waals surface area contributed by atoms with Crippen LogP contribution in [0.25, 0.3) is 5.69 Å². The summed E-state index contributed by atoms with van der Waals surface area (Å²) in [5.74, 6) is 0. The Morgan fingerprint density at radius 1 is 1.43 bits per heavy atom. The van der Waals surface area contributed by atoms with Gasteiger partial charge in [0, 0.05) is 9.50 Å². The van der Waals surface area contributed by atoms with Crippen LogP contribution >= 0.6 is 27.5 Å². The first-order valence-electron chi connectivity index (χ1n) is 3.87. The summed E-state index contributed by atoms with van der Waals surface area (Å²) in [4.78, 5) is 0. The lowest BCUT2D eigenvalue weighted by Crippen LogP contribution is -1.97. The minimum absolute atomic E-state index is 0.693. The smallest absolute Gasteiger partial charge is 0.143 e. The summed E-state index contributed by atoms with van der Waals surface area (Å²) < 4.78 is 2.46. The number of benzene rings is 1. The SMILES string of the molecule is Cc1cc(Br)c(-n2cnnn2)cc1Cl. The maximum atomic E-state index is 6.00. The molecule has 0 aliphatic heterocycles. The molecule has 0 saturated carbocycles. The molecule has 0 radical (unpaired) electrons. The molecule has 0 spiro atoms. The van der Waals surface area contributed by atoms with Crippen molar-refractivity contribution in [1.29, 1.82) is 0 Å². The van der Waals surface area contributed by atoms with Crippen molar-refractivity contribution in [3.8, 4) is 5.69 Å². The van der Waals surface area contributed by atoms with Gasteiger partial charge in [0.1, 0.15) is 6.33 Å². The number of hydrogen-bond donors (Lipinski definition) is 0. The number of aryl methyl sites for hydroxylation is 1. The van der Waals surface area contributed by atoms with Gasteiger partial charge >= 0.3 is 0 Å². The van der Waals surface area contributed by atoms with Crippen LogP contribution in [0, 0.1) is 6.92 Å². The van der Waals surface area contributed by atoms with Crippen molar-refractivity contribution in [1.82, 2.24) is 20.2 Å². The highest BCUT2D eigenvalue weighted by Crippen LogP contribution is 2.27. The molecular weight excluding hydrogens is 267 g/mol. The molecule has 4 nitrogen and oxygen atoms in total. The van der Waals surface area contributed by atoms with Crippen LogP contribution in [0.3, 0.4) is 0 Å². The zero-order chi connectivity index (χ0) is 10.1. The van der Waals surface area contributed by atoms with Gasteiger partial charge in [-0.15, -0.1) is 5.10 Å². The molecule has 0 aliphatic rings. The highest BCUT2D eigenvalue weighted by molar-refractivity contribution is 9.10. The highest BCUT2D eigenvalue weighted by atomic mass is 79.9. The average Bonchev–Trinajstić information content (AvgIpc) is 2.64. The van der Waals surface area contributed by atoms with Gasteiger partial charge in [-0.2, -0.15) is 4.68 Å². The summed E-state index contributed by atoms with van der Waals surface area (Å²) in [5.41, 5.74) is 1.83. The van der Waals surface area contributed by atoms with E-state index in [0.29, 0.717) is 5.02 Å². The Morgan fingerprint density at radius 2 is 2.21 bits per heavy atom. The molecule has 0 aliphatic carbocycles. The van der Waals surface area contributed by atoms with E-state index >= 15 is 0 Å². The molecular formula is C8H6BrClN4. The normalized spacial score (nSPS) is 10.5. The predicted octanol–water partition coefficient (Wildman–Crippen LogP) is 2.39. The average molecular weight is 274 g/mol. The Hall–Kier alpha value is -0.940. The zero-order valence-electron chi connectivity index (χ0n) is 7.28. The zero-order valence-corrected chi connectivity index (χ0v) is 9.62. The fourth-order valence-corrected chi connectivity index (χ4v) is 1.88. The van der Waals surface area contributed by atoms with Crippen LogP contribution in [0.1, 0.15) is 5.56 Å². The Kier molecular flexibility index (Phi) is 2.52. The highest BCUT2D eigenvalue weighted by Gasteiger charge is 2.06. The van der Waals surface area contributed by atoms with Gasteiger partial charge < -0.3 is 0 Å². The van der Waals surface area contributed by atoms with E-state index in [4.69, 9.17) is 11.6 Å². The number of tetrazole rings is 1. The minimum Gasteiger partial charge on any atom is -0.199 e.